The van der Waals surface area contributed by atoms with E-state index in [4.69, 9.17) is 22.1 Å². The summed E-state index contributed by atoms with van der Waals surface area (Å²) in [4.78, 5) is 0. The predicted octanol–water partition coefficient (Wildman–Crippen LogP) is 3.52. The standard InChI is InChI=1S/C13H17ClFNO/c1-8-9(14)7-10(15)12(17-2)11(8)13(16)5-3-4-6-13/h7H,3-6,16H2,1-2H3. The van der Waals surface area contributed by atoms with Crippen molar-refractivity contribution in [2.75, 3.05) is 7.11 Å². The van der Waals surface area contributed by atoms with Crippen LogP contribution in [0.4, 0.5) is 4.39 Å². The topological polar surface area (TPSA) is 35.2 Å². The Hall–Kier alpha value is -0.800. The molecule has 94 valence electrons. The minimum absolute atomic E-state index is 0.247. The molecule has 0 amide bonds. The van der Waals surface area contributed by atoms with Gasteiger partial charge in [-0.05, 0) is 31.4 Å². The summed E-state index contributed by atoms with van der Waals surface area (Å²) in [6.07, 6.45) is 3.83. The van der Waals surface area contributed by atoms with Gasteiger partial charge in [0.15, 0.2) is 11.6 Å². The summed E-state index contributed by atoms with van der Waals surface area (Å²) in [5.41, 5.74) is 7.46. The first-order valence-corrected chi connectivity index (χ1v) is 6.19. The van der Waals surface area contributed by atoms with Crippen molar-refractivity contribution >= 4 is 11.6 Å². The van der Waals surface area contributed by atoms with E-state index in [9.17, 15) is 4.39 Å². The highest BCUT2D eigenvalue weighted by molar-refractivity contribution is 6.31. The maximum Gasteiger partial charge on any atom is 0.166 e. The van der Waals surface area contributed by atoms with Gasteiger partial charge < -0.3 is 10.5 Å². The van der Waals surface area contributed by atoms with Gasteiger partial charge in [0.05, 0.1) is 7.11 Å². The Balaban J connectivity index is 2.65. The molecule has 0 saturated heterocycles. The zero-order valence-corrected chi connectivity index (χ0v) is 10.9. The molecule has 0 atom stereocenters. The molecule has 1 saturated carbocycles. The van der Waals surface area contributed by atoms with Crippen LogP contribution in [-0.2, 0) is 5.54 Å². The Morgan fingerprint density at radius 2 is 2.00 bits per heavy atom. The molecule has 0 spiro atoms. The van der Waals surface area contributed by atoms with Crippen molar-refractivity contribution in [1.29, 1.82) is 0 Å². The van der Waals surface area contributed by atoms with E-state index < -0.39 is 11.4 Å². The van der Waals surface area contributed by atoms with Gasteiger partial charge in [-0.2, -0.15) is 0 Å². The molecule has 0 bridgehead atoms. The third kappa shape index (κ3) is 2.02. The molecule has 1 aromatic carbocycles. The summed E-state index contributed by atoms with van der Waals surface area (Å²) in [5.74, 6) is -0.189. The Morgan fingerprint density at radius 1 is 1.41 bits per heavy atom. The smallest absolute Gasteiger partial charge is 0.166 e. The fourth-order valence-electron chi connectivity index (χ4n) is 2.75. The molecule has 0 aliphatic heterocycles. The van der Waals surface area contributed by atoms with Crippen LogP contribution in [0.3, 0.4) is 0 Å². The van der Waals surface area contributed by atoms with E-state index >= 15 is 0 Å². The molecule has 1 fully saturated rings. The van der Waals surface area contributed by atoms with Crippen LogP contribution in [-0.4, -0.2) is 7.11 Å². The molecule has 2 nitrogen and oxygen atoms in total. The summed E-state index contributed by atoms with van der Waals surface area (Å²) in [5, 5.41) is 0.412. The molecule has 0 unspecified atom stereocenters. The zero-order chi connectivity index (χ0) is 12.6. The van der Waals surface area contributed by atoms with Gasteiger partial charge in [0.2, 0.25) is 0 Å². The second-order valence-electron chi connectivity index (χ2n) is 4.74. The van der Waals surface area contributed by atoms with E-state index in [1.165, 1.54) is 13.2 Å². The predicted molar refractivity (Wildman–Crippen MR) is 67.0 cm³/mol. The van der Waals surface area contributed by atoms with E-state index in [0.717, 1.165) is 36.8 Å². The van der Waals surface area contributed by atoms with E-state index in [-0.39, 0.29) is 5.75 Å². The lowest BCUT2D eigenvalue weighted by Crippen LogP contribution is -2.34. The average Bonchev–Trinajstić information content (AvgIpc) is 2.71. The Bertz CT molecular complexity index is 442. The molecule has 1 aromatic rings. The minimum atomic E-state index is -0.499. The highest BCUT2D eigenvalue weighted by Crippen LogP contribution is 2.44. The lowest BCUT2D eigenvalue weighted by molar-refractivity contribution is 0.355. The van der Waals surface area contributed by atoms with Gasteiger partial charge in [0, 0.05) is 16.1 Å². The van der Waals surface area contributed by atoms with E-state index in [0.29, 0.717) is 5.02 Å². The first-order chi connectivity index (χ1) is 7.99. The van der Waals surface area contributed by atoms with Crippen LogP contribution in [0, 0.1) is 12.7 Å². The number of benzene rings is 1. The molecule has 17 heavy (non-hydrogen) atoms. The van der Waals surface area contributed by atoms with Crippen molar-refractivity contribution in [2.45, 2.75) is 38.1 Å². The van der Waals surface area contributed by atoms with Gasteiger partial charge in [0.1, 0.15) is 0 Å². The molecular weight excluding hydrogens is 241 g/mol. The molecule has 2 N–H and O–H groups in total. The highest BCUT2D eigenvalue weighted by Gasteiger charge is 2.36. The number of methoxy groups -OCH3 is 1. The van der Waals surface area contributed by atoms with Gasteiger partial charge in [-0.1, -0.05) is 24.4 Å². The largest absolute Gasteiger partial charge is 0.493 e. The summed E-state index contributed by atoms with van der Waals surface area (Å²) in [7, 11) is 1.47. The number of hydrogen-bond donors (Lipinski definition) is 1. The fourth-order valence-corrected chi connectivity index (χ4v) is 2.94. The monoisotopic (exact) mass is 257 g/mol. The SMILES string of the molecule is COc1c(F)cc(Cl)c(C)c1C1(N)CCCC1. The van der Waals surface area contributed by atoms with Gasteiger partial charge >= 0.3 is 0 Å². The minimum Gasteiger partial charge on any atom is -0.493 e. The van der Waals surface area contributed by atoms with Gasteiger partial charge in [-0.25, -0.2) is 4.39 Å². The summed E-state index contributed by atoms with van der Waals surface area (Å²) in [6, 6.07) is 1.29. The van der Waals surface area contributed by atoms with E-state index in [1.54, 1.807) is 0 Å². The third-order valence-electron chi connectivity index (χ3n) is 3.63. The molecule has 1 aliphatic carbocycles. The maximum atomic E-state index is 13.8. The molecule has 0 heterocycles. The number of hydrogen-bond acceptors (Lipinski definition) is 2. The van der Waals surface area contributed by atoms with Crippen molar-refractivity contribution in [3.63, 3.8) is 0 Å². The molecule has 4 heteroatoms. The average molecular weight is 258 g/mol. The zero-order valence-electron chi connectivity index (χ0n) is 10.1. The van der Waals surface area contributed by atoms with Crippen molar-refractivity contribution < 1.29 is 9.13 Å². The molecule has 0 aromatic heterocycles. The van der Waals surface area contributed by atoms with E-state index in [2.05, 4.69) is 0 Å². The lowest BCUT2D eigenvalue weighted by atomic mass is 9.85. The van der Waals surface area contributed by atoms with Crippen LogP contribution in [0.1, 0.15) is 36.8 Å². The second-order valence-corrected chi connectivity index (χ2v) is 5.14. The van der Waals surface area contributed by atoms with Crippen molar-refractivity contribution in [2.24, 2.45) is 5.73 Å². The van der Waals surface area contributed by atoms with Crippen LogP contribution in [0.15, 0.2) is 6.07 Å². The van der Waals surface area contributed by atoms with E-state index in [1.807, 2.05) is 6.92 Å². The second kappa shape index (κ2) is 4.46. The number of rotatable bonds is 2. The maximum absolute atomic E-state index is 13.8. The fraction of sp³-hybridized carbons (Fsp3) is 0.538. The molecule has 1 aliphatic rings. The van der Waals surface area contributed by atoms with Crippen LogP contribution in [0.2, 0.25) is 5.02 Å². The Labute approximate surface area is 106 Å². The first kappa shape index (κ1) is 12.7. The molecular formula is C13H17ClFNO. The third-order valence-corrected chi connectivity index (χ3v) is 4.02. The summed E-state index contributed by atoms with van der Waals surface area (Å²) >= 11 is 6.04. The van der Waals surface area contributed by atoms with Crippen LogP contribution in [0.25, 0.3) is 0 Å². The number of nitrogens with two attached hydrogens (primary N) is 1. The van der Waals surface area contributed by atoms with Crippen LogP contribution >= 0.6 is 11.6 Å². The van der Waals surface area contributed by atoms with Crippen LogP contribution in [0.5, 0.6) is 5.75 Å². The van der Waals surface area contributed by atoms with Crippen molar-refractivity contribution in [1.82, 2.24) is 0 Å². The van der Waals surface area contributed by atoms with Crippen LogP contribution < -0.4 is 10.5 Å². The highest BCUT2D eigenvalue weighted by atomic mass is 35.5. The van der Waals surface area contributed by atoms with Gasteiger partial charge in [-0.15, -0.1) is 0 Å². The molecule has 2 rings (SSSR count). The van der Waals surface area contributed by atoms with Crippen molar-refractivity contribution in [3.8, 4) is 5.75 Å². The number of ether oxygens (including phenoxy) is 1. The Morgan fingerprint density at radius 3 is 2.53 bits per heavy atom. The lowest BCUT2D eigenvalue weighted by Gasteiger charge is -2.29. The van der Waals surface area contributed by atoms with Crippen molar-refractivity contribution in [3.05, 3.63) is 28.0 Å². The van der Waals surface area contributed by atoms with Gasteiger partial charge in [-0.3, -0.25) is 0 Å². The van der Waals surface area contributed by atoms with Gasteiger partial charge in [0.25, 0.3) is 0 Å². The quantitative estimate of drug-likeness (QED) is 0.880. The Kier molecular flexibility index (Phi) is 3.32. The normalized spacial score (nSPS) is 18.4. The first-order valence-electron chi connectivity index (χ1n) is 5.81. The summed E-state index contributed by atoms with van der Waals surface area (Å²) < 4.78 is 19.0. The number of halogens is 2. The molecule has 0 radical (unpaired) electrons. The summed E-state index contributed by atoms with van der Waals surface area (Å²) in [6.45, 7) is 1.87.